The summed E-state index contributed by atoms with van der Waals surface area (Å²) in [5, 5.41) is 0. The van der Waals surface area contributed by atoms with Gasteiger partial charge in [0.05, 0.1) is 12.0 Å². The molecule has 1 rings (SSSR count). The summed E-state index contributed by atoms with van der Waals surface area (Å²) in [5.41, 5.74) is 0. The van der Waals surface area contributed by atoms with E-state index in [4.69, 9.17) is 4.74 Å². The predicted molar refractivity (Wildman–Crippen MR) is 49.3 cm³/mol. The molecule has 0 unspecified atom stereocenters. The second-order valence-electron chi connectivity index (χ2n) is 3.69. The Hall–Kier alpha value is -0.220. The molecule has 0 aromatic heterocycles. The highest BCUT2D eigenvalue weighted by Gasteiger charge is 2.41. The lowest BCUT2D eigenvalue weighted by Gasteiger charge is -2.32. The van der Waals surface area contributed by atoms with E-state index in [-0.39, 0.29) is 6.10 Å². The molecule has 1 saturated carbocycles. The Bertz CT molecular complexity index is 166. The summed E-state index contributed by atoms with van der Waals surface area (Å²) in [7, 11) is 1.06. The van der Waals surface area contributed by atoms with Crippen molar-refractivity contribution in [2.45, 2.75) is 44.8 Å². The summed E-state index contributed by atoms with van der Waals surface area (Å²) in [4.78, 5) is 0. The summed E-state index contributed by atoms with van der Waals surface area (Å²) in [5.74, 6) is -0.635. The fourth-order valence-corrected chi connectivity index (χ4v) is 1.97. The molecule has 0 bridgehead atoms. The van der Waals surface area contributed by atoms with Crippen LogP contribution in [0, 0.1) is 5.92 Å². The van der Waals surface area contributed by atoms with Crippen molar-refractivity contribution >= 4 is 0 Å². The quantitative estimate of drug-likeness (QED) is 0.707. The molecule has 0 saturated heterocycles. The highest BCUT2D eigenvalue weighted by Crippen LogP contribution is 2.37. The Morgan fingerprint density at radius 1 is 1.21 bits per heavy atom. The molecule has 1 aliphatic rings. The van der Waals surface area contributed by atoms with Crippen LogP contribution in [0.15, 0.2) is 0 Å². The Balaban J connectivity index is 2.35. The van der Waals surface area contributed by atoms with Crippen molar-refractivity contribution in [2.75, 3.05) is 13.7 Å². The van der Waals surface area contributed by atoms with Crippen molar-refractivity contribution < 1.29 is 18.3 Å². The van der Waals surface area contributed by atoms with E-state index >= 15 is 0 Å². The molecule has 0 atom stereocenters. The van der Waals surface area contributed by atoms with Crippen molar-refractivity contribution in [3.8, 4) is 0 Å². The number of hydrogen-bond donors (Lipinski definition) is 0. The van der Waals surface area contributed by atoms with Gasteiger partial charge in [-0.15, -0.1) is 0 Å². The van der Waals surface area contributed by atoms with Gasteiger partial charge >= 0.3 is 6.11 Å². The number of ether oxygens (including phenoxy) is 2. The average molecular weight is 208 g/mol. The van der Waals surface area contributed by atoms with E-state index in [0.29, 0.717) is 19.4 Å². The first-order valence-electron chi connectivity index (χ1n) is 5.14. The van der Waals surface area contributed by atoms with Crippen LogP contribution in [0.1, 0.15) is 32.6 Å². The van der Waals surface area contributed by atoms with Crippen LogP contribution in [0.2, 0.25) is 0 Å². The molecule has 0 aliphatic heterocycles. The Kier molecular flexibility index (Phi) is 4.26. The monoisotopic (exact) mass is 208 g/mol. The highest BCUT2D eigenvalue weighted by molar-refractivity contribution is 4.77. The number of methoxy groups -OCH3 is 1. The zero-order valence-corrected chi connectivity index (χ0v) is 8.76. The van der Waals surface area contributed by atoms with Crippen LogP contribution in [-0.2, 0) is 9.47 Å². The van der Waals surface area contributed by atoms with Crippen molar-refractivity contribution in [2.24, 2.45) is 5.92 Å². The second kappa shape index (κ2) is 5.03. The summed E-state index contributed by atoms with van der Waals surface area (Å²) in [6.45, 7) is 2.59. The molecule has 14 heavy (non-hydrogen) atoms. The summed E-state index contributed by atoms with van der Waals surface area (Å²) in [6, 6.07) is 0. The van der Waals surface area contributed by atoms with Crippen LogP contribution in [0.4, 0.5) is 8.78 Å². The molecule has 4 heteroatoms. The first-order chi connectivity index (χ1) is 6.60. The fourth-order valence-electron chi connectivity index (χ4n) is 1.97. The van der Waals surface area contributed by atoms with Crippen molar-refractivity contribution in [1.29, 1.82) is 0 Å². The fraction of sp³-hybridized carbons (Fsp3) is 1.00. The number of rotatable bonds is 4. The first kappa shape index (κ1) is 11.9. The van der Waals surface area contributed by atoms with Gasteiger partial charge in [-0.3, -0.25) is 0 Å². The topological polar surface area (TPSA) is 18.5 Å². The zero-order chi connectivity index (χ0) is 10.6. The van der Waals surface area contributed by atoms with Crippen molar-refractivity contribution in [3.63, 3.8) is 0 Å². The molecular weight excluding hydrogens is 190 g/mol. The minimum atomic E-state index is -2.96. The van der Waals surface area contributed by atoms with Gasteiger partial charge in [0.2, 0.25) is 0 Å². The van der Waals surface area contributed by atoms with Crippen molar-refractivity contribution in [3.05, 3.63) is 0 Å². The lowest BCUT2D eigenvalue weighted by atomic mass is 9.86. The first-order valence-corrected chi connectivity index (χ1v) is 5.14. The lowest BCUT2D eigenvalue weighted by molar-refractivity contribution is -0.264. The lowest BCUT2D eigenvalue weighted by Crippen LogP contribution is -2.35. The Morgan fingerprint density at radius 3 is 2.21 bits per heavy atom. The van der Waals surface area contributed by atoms with Crippen LogP contribution in [0.3, 0.4) is 0 Å². The smallest absolute Gasteiger partial charge is 0.358 e. The third-order valence-electron chi connectivity index (χ3n) is 2.82. The third-order valence-corrected chi connectivity index (χ3v) is 2.82. The zero-order valence-electron chi connectivity index (χ0n) is 8.76. The molecule has 0 amide bonds. The maximum absolute atomic E-state index is 13.1. The summed E-state index contributed by atoms with van der Waals surface area (Å²) >= 11 is 0. The minimum absolute atomic E-state index is 0.170. The van der Waals surface area contributed by atoms with Gasteiger partial charge in [0.25, 0.3) is 0 Å². The van der Waals surface area contributed by atoms with Gasteiger partial charge in [0.15, 0.2) is 0 Å². The maximum Gasteiger partial charge on any atom is 0.358 e. The van der Waals surface area contributed by atoms with E-state index in [1.165, 1.54) is 0 Å². The normalized spacial score (nSPS) is 29.1. The maximum atomic E-state index is 13.1. The van der Waals surface area contributed by atoms with Gasteiger partial charge in [-0.25, -0.2) is 0 Å². The standard InChI is InChI=1S/C10H18F2O2/c1-3-14-9-6-4-8(5-7-9)10(11,12)13-2/h8-9H,3-7H2,1-2H3. The van der Waals surface area contributed by atoms with Gasteiger partial charge in [-0.05, 0) is 32.6 Å². The molecule has 0 spiro atoms. The SMILES string of the molecule is CCOC1CCC(C(F)(F)OC)CC1. The van der Waals surface area contributed by atoms with Crippen LogP contribution in [0.5, 0.6) is 0 Å². The molecular formula is C10H18F2O2. The number of hydrogen-bond acceptors (Lipinski definition) is 2. The van der Waals surface area contributed by atoms with Crippen LogP contribution < -0.4 is 0 Å². The van der Waals surface area contributed by atoms with E-state index in [9.17, 15) is 8.78 Å². The van der Waals surface area contributed by atoms with Gasteiger partial charge in [-0.1, -0.05) is 0 Å². The molecule has 1 fully saturated rings. The predicted octanol–water partition coefficient (Wildman–Crippen LogP) is 2.82. The van der Waals surface area contributed by atoms with Gasteiger partial charge in [0.1, 0.15) is 0 Å². The Morgan fingerprint density at radius 2 is 1.79 bits per heavy atom. The van der Waals surface area contributed by atoms with E-state index in [1.807, 2.05) is 6.92 Å². The summed E-state index contributed by atoms with van der Waals surface area (Å²) < 4.78 is 35.8. The molecule has 0 aromatic rings. The Labute approximate surface area is 83.6 Å². The van der Waals surface area contributed by atoms with Gasteiger partial charge in [-0.2, -0.15) is 8.78 Å². The van der Waals surface area contributed by atoms with Crippen LogP contribution in [0.25, 0.3) is 0 Å². The third kappa shape index (κ3) is 2.89. The second-order valence-corrected chi connectivity index (χ2v) is 3.69. The van der Waals surface area contributed by atoms with Crippen LogP contribution >= 0.6 is 0 Å². The van der Waals surface area contributed by atoms with Gasteiger partial charge in [0, 0.05) is 13.7 Å². The molecule has 84 valence electrons. The molecule has 0 radical (unpaired) electrons. The average Bonchev–Trinajstić information content (AvgIpc) is 2.19. The molecule has 0 N–H and O–H groups in total. The van der Waals surface area contributed by atoms with E-state index < -0.39 is 12.0 Å². The number of alkyl halides is 2. The molecule has 0 aromatic carbocycles. The van der Waals surface area contributed by atoms with E-state index in [0.717, 1.165) is 20.0 Å². The molecule has 2 nitrogen and oxygen atoms in total. The minimum Gasteiger partial charge on any atom is -0.379 e. The van der Waals surface area contributed by atoms with Crippen molar-refractivity contribution in [1.82, 2.24) is 0 Å². The highest BCUT2D eigenvalue weighted by atomic mass is 19.3. The van der Waals surface area contributed by atoms with E-state index in [2.05, 4.69) is 4.74 Å². The molecule has 1 aliphatic carbocycles. The summed E-state index contributed by atoms with van der Waals surface area (Å²) in [6.07, 6.45) is -0.368. The van der Waals surface area contributed by atoms with Gasteiger partial charge < -0.3 is 9.47 Å². The van der Waals surface area contributed by atoms with Crippen LogP contribution in [-0.4, -0.2) is 25.9 Å². The van der Waals surface area contributed by atoms with E-state index in [1.54, 1.807) is 0 Å². The number of halogens is 2. The molecule has 0 heterocycles. The largest absolute Gasteiger partial charge is 0.379 e.